The molecule has 1 aromatic carbocycles. The minimum Gasteiger partial charge on any atom is -0.503 e. The molecule has 1 fully saturated rings. The van der Waals surface area contributed by atoms with E-state index in [0.29, 0.717) is 6.54 Å². The molecular formula is C17H19N3O3. The summed E-state index contributed by atoms with van der Waals surface area (Å²) in [5.41, 5.74) is 1.34. The fraction of sp³-hybridized carbons (Fsp3) is 0.353. The molecule has 0 atom stereocenters. The SMILES string of the molecule is CNC(=O)c1nn(CC2(c3ccc(C)cc3)CC2)cc(O)c1=O. The Morgan fingerprint density at radius 2 is 2.00 bits per heavy atom. The van der Waals surface area contributed by atoms with Crippen LogP contribution in [0.3, 0.4) is 0 Å². The van der Waals surface area contributed by atoms with Crippen LogP contribution in [0.25, 0.3) is 0 Å². The number of aryl methyl sites for hydroxylation is 1. The third-order valence-corrected chi connectivity index (χ3v) is 4.37. The highest BCUT2D eigenvalue weighted by atomic mass is 16.3. The molecule has 2 aromatic rings. The Balaban J connectivity index is 1.94. The third kappa shape index (κ3) is 2.84. The average molecular weight is 313 g/mol. The topological polar surface area (TPSA) is 84.2 Å². The largest absolute Gasteiger partial charge is 0.503 e. The molecule has 1 heterocycles. The number of carbonyl (C=O) groups is 1. The van der Waals surface area contributed by atoms with Gasteiger partial charge in [0.2, 0.25) is 0 Å². The standard InChI is InChI=1S/C17H19N3O3/c1-11-3-5-12(6-4-11)17(7-8-17)10-20-9-13(21)15(22)14(19-20)16(23)18-2/h3-6,9,21H,7-8,10H2,1-2H3,(H,18,23). The number of hydrogen-bond donors (Lipinski definition) is 2. The number of carbonyl (C=O) groups excluding carboxylic acids is 1. The molecule has 1 saturated carbocycles. The van der Waals surface area contributed by atoms with Crippen molar-refractivity contribution in [1.29, 1.82) is 0 Å². The molecular weight excluding hydrogens is 294 g/mol. The Morgan fingerprint density at radius 1 is 1.35 bits per heavy atom. The van der Waals surface area contributed by atoms with Gasteiger partial charge >= 0.3 is 0 Å². The Hall–Kier alpha value is -2.63. The van der Waals surface area contributed by atoms with Gasteiger partial charge < -0.3 is 10.4 Å². The highest BCUT2D eigenvalue weighted by molar-refractivity contribution is 5.92. The lowest BCUT2D eigenvalue weighted by Gasteiger charge is -2.18. The second kappa shape index (κ2) is 5.53. The predicted molar refractivity (Wildman–Crippen MR) is 85.6 cm³/mol. The Kier molecular flexibility index (Phi) is 3.67. The lowest BCUT2D eigenvalue weighted by atomic mass is 9.95. The summed E-state index contributed by atoms with van der Waals surface area (Å²) < 4.78 is 1.49. The van der Waals surface area contributed by atoms with E-state index >= 15 is 0 Å². The Bertz CT molecular complexity index is 805. The van der Waals surface area contributed by atoms with Crippen LogP contribution in [0.15, 0.2) is 35.3 Å². The van der Waals surface area contributed by atoms with Crippen LogP contribution in [-0.2, 0) is 12.0 Å². The molecule has 0 saturated heterocycles. The molecule has 23 heavy (non-hydrogen) atoms. The summed E-state index contributed by atoms with van der Waals surface area (Å²) >= 11 is 0. The van der Waals surface area contributed by atoms with Crippen LogP contribution in [0.5, 0.6) is 5.75 Å². The van der Waals surface area contributed by atoms with Crippen LogP contribution >= 0.6 is 0 Å². The molecule has 1 aliphatic rings. The number of nitrogens with one attached hydrogen (secondary N) is 1. The molecule has 3 rings (SSSR count). The second-order valence-corrected chi connectivity index (χ2v) is 6.12. The van der Waals surface area contributed by atoms with E-state index in [1.54, 1.807) is 0 Å². The summed E-state index contributed by atoms with van der Waals surface area (Å²) in [7, 11) is 1.42. The van der Waals surface area contributed by atoms with Crippen molar-refractivity contribution in [2.24, 2.45) is 0 Å². The first-order valence-corrected chi connectivity index (χ1v) is 7.55. The smallest absolute Gasteiger partial charge is 0.275 e. The monoisotopic (exact) mass is 313 g/mol. The molecule has 120 valence electrons. The lowest BCUT2D eigenvalue weighted by Crippen LogP contribution is -2.30. The van der Waals surface area contributed by atoms with Crippen molar-refractivity contribution in [3.8, 4) is 5.75 Å². The molecule has 0 unspecified atom stereocenters. The van der Waals surface area contributed by atoms with Gasteiger partial charge in [0.15, 0.2) is 11.4 Å². The van der Waals surface area contributed by atoms with Crippen molar-refractivity contribution in [2.45, 2.75) is 31.7 Å². The van der Waals surface area contributed by atoms with Crippen LogP contribution in [0, 0.1) is 6.92 Å². The quantitative estimate of drug-likeness (QED) is 0.892. The average Bonchev–Trinajstić information content (AvgIpc) is 3.31. The normalized spacial score (nSPS) is 15.2. The summed E-state index contributed by atoms with van der Waals surface area (Å²) in [4.78, 5) is 23.6. The summed E-state index contributed by atoms with van der Waals surface area (Å²) in [6.45, 7) is 2.56. The highest BCUT2D eigenvalue weighted by Gasteiger charge is 2.44. The zero-order valence-electron chi connectivity index (χ0n) is 13.2. The molecule has 0 radical (unpaired) electrons. The van der Waals surface area contributed by atoms with E-state index in [1.807, 2.05) is 6.92 Å². The van der Waals surface area contributed by atoms with Crippen molar-refractivity contribution in [2.75, 3.05) is 7.05 Å². The van der Waals surface area contributed by atoms with Crippen molar-refractivity contribution < 1.29 is 9.90 Å². The maximum atomic E-state index is 11.8. The maximum Gasteiger partial charge on any atom is 0.275 e. The van der Waals surface area contributed by atoms with Crippen molar-refractivity contribution in [1.82, 2.24) is 15.1 Å². The number of aromatic hydroxyl groups is 1. The van der Waals surface area contributed by atoms with Crippen molar-refractivity contribution in [3.63, 3.8) is 0 Å². The van der Waals surface area contributed by atoms with Crippen LogP contribution in [0.1, 0.15) is 34.5 Å². The lowest BCUT2D eigenvalue weighted by molar-refractivity contribution is 0.0953. The van der Waals surface area contributed by atoms with Gasteiger partial charge in [0.05, 0.1) is 12.7 Å². The zero-order valence-corrected chi connectivity index (χ0v) is 13.2. The molecule has 0 spiro atoms. The van der Waals surface area contributed by atoms with E-state index < -0.39 is 17.1 Å². The van der Waals surface area contributed by atoms with Gasteiger partial charge in [-0.05, 0) is 25.3 Å². The van der Waals surface area contributed by atoms with E-state index in [4.69, 9.17) is 0 Å². The number of amides is 1. The number of benzene rings is 1. The minimum atomic E-state index is -0.749. The molecule has 1 aliphatic carbocycles. The number of hydrogen-bond acceptors (Lipinski definition) is 4. The highest BCUT2D eigenvalue weighted by Crippen LogP contribution is 2.49. The van der Waals surface area contributed by atoms with Crippen LogP contribution in [-0.4, -0.2) is 27.8 Å². The molecule has 0 aliphatic heterocycles. The first-order valence-electron chi connectivity index (χ1n) is 7.55. The van der Waals surface area contributed by atoms with Gasteiger partial charge in [0, 0.05) is 12.5 Å². The molecule has 1 aromatic heterocycles. The number of aromatic nitrogens is 2. The van der Waals surface area contributed by atoms with Gasteiger partial charge in [-0.3, -0.25) is 14.3 Å². The van der Waals surface area contributed by atoms with E-state index in [9.17, 15) is 14.7 Å². The Morgan fingerprint density at radius 3 is 2.57 bits per heavy atom. The number of nitrogens with zero attached hydrogens (tertiary/aromatic N) is 2. The molecule has 6 nitrogen and oxygen atoms in total. The molecule has 0 bridgehead atoms. The van der Waals surface area contributed by atoms with Gasteiger partial charge in [0.1, 0.15) is 0 Å². The van der Waals surface area contributed by atoms with Gasteiger partial charge in [-0.25, -0.2) is 0 Å². The van der Waals surface area contributed by atoms with Crippen LogP contribution in [0.4, 0.5) is 0 Å². The van der Waals surface area contributed by atoms with E-state index in [-0.39, 0.29) is 11.1 Å². The van der Waals surface area contributed by atoms with E-state index in [1.165, 1.54) is 29.1 Å². The van der Waals surface area contributed by atoms with Gasteiger partial charge in [-0.2, -0.15) is 5.10 Å². The van der Waals surface area contributed by atoms with Crippen LogP contribution < -0.4 is 10.7 Å². The maximum absolute atomic E-state index is 11.8. The summed E-state index contributed by atoms with van der Waals surface area (Å²) in [5, 5.41) is 16.3. The zero-order chi connectivity index (χ0) is 16.6. The molecule has 1 amide bonds. The van der Waals surface area contributed by atoms with Gasteiger partial charge in [-0.1, -0.05) is 29.8 Å². The van der Waals surface area contributed by atoms with Gasteiger partial charge in [0.25, 0.3) is 11.3 Å². The predicted octanol–water partition coefficient (Wildman–Crippen LogP) is 1.35. The second-order valence-electron chi connectivity index (χ2n) is 6.12. The third-order valence-electron chi connectivity index (χ3n) is 4.37. The fourth-order valence-electron chi connectivity index (χ4n) is 2.78. The number of rotatable bonds is 4. The summed E-state index contributed by atoms with van der Waals surface area (Å²) in [6.07, 6.45) is 3.32. The van der Waals surface area contributed by atoms with Crippen LogP contribution in [0.2, 0.25) is 0 Å². The molecule has 6 heteroatoms. The van der Waals surface area contributed by atoms with Crippen molar-refractivity contribution in [3.05, 3.63) is 57.5 Å². The first kappa shape index (κ1) is 15.3. The summed E-state index contributed by atoms with van der Waals surface area (Å²) in [5.74, 6) is -1.06. The molecule has 2 N–H and O–H groups in total. The van der Waals surface area contributed by atoms with Gasteiger partial charge in [-0.15, -0.1) is 0 Å². The van der Waals surface area contributed by atoms with E-state index in [2.05, 4.69) is 34.7 Å². The first-order chi connectivity index (χ1) is 10.9. The fourth-order valence-corrected chi connectivity index (χ4v) is 2.78. The Labute approximate surface area is 133 Å². The van der Waals surface area contributed by atoms with E-state index in [0.717, 1.165) is 12.8 Å². The minimum absolute atomic E-state index is 0.0395. The summed E-state index contributed by atoms with van der Waals surface area (Å²) in [6, 6.07) is 8.35. The van der Waals surface area contributed by atoms with Crippen molar-refractivity contribution >= 4 is 5.91 Å².